The van der Waals surface area contributed by atoms with Gasteiger partial charge in [-0.3, -0.25) is 4.90 Å². The smallest absolute Gasteiger partial charge is 0.0406 e. The van der Waals surface area contributed by atoms with Crippen molar-refractivity contribution in [3.63, 3.8) is 0 Å². The molecule has 1 heterocycles. The van der Waals surface area contributed by atoms with Crippen LogP contribution in [0.5, 0.6) is 0 Å². The third-order valence-electron chi connectivity index (χ3n) is 3.48. The molecule has 1 aliphatic rings. The van der Waals surface area contributed by atoms with E-state index in [1.54, 1.807) is 0 Å². The number of hydrogen-bond acceptors (Lipinski definition) is 1. The molecule has 1 aliphatic heterocycles. The predicted molar refractivity (Wildman–Crippen MR) is 74.8 cm³/mol. The Bertz CT molecular complexity index is 337. The first kappa shape index (κ1) is 13.2. The van der Waals surface area contributed by atoms with E-state index in [2.05, 4.69) is 17.0 Å². The fraction of sp³-hybridized carbons (Fsp3) is 0.571. The van der Waals surface area contributed by atoms with Crippen molar-refractivity contribution in [2.75, 3.05) is 12.4 Å². The average molecular weight is 272 g/mol. The Kier molecular flexibility index (Phi) is 5.15. The summed E-state index contributed by atoms with van der Waals surface area (Å²) in [5, 5.41) is 0.804. The number of rotatable bonds is 3. The van der Waals surface area contributed by atoms with Gasteiger partial charge >= 0.3 is 0 Å². The van der Waals surface area contributed by atoms with Crippen molar-refractivity contribution >= 4 is 23.2 Å². The summed E-state index contributed by atoms with van der Waals surface area (Å²) in [6.07, 6.45) is 5.18. The van der Waals surface area contributed by atoms with E-state index < -0.39 is 0 Å². The molecule has 1 fully saturated rings. The number of hydrogen-bond donors (Lipinski definition) is 0. The lowest BCUT2D eigenvalue weighted by atomic mass is 10.1. The van der Waals surface area contributed by atoms with Gasteiger partial charge in [-0.25, -0.2) is 0 Å². The van der Waals surface area contributed by atoms with Gasteiger partial charge in [0.15, 0.2) is 0 Å². The van der Waals surface area contributed by atoms with Crippen LogP contribution in [-0.2, 0) is 6.54 Å². The molecule has 17 heavy (non-hydrogen) atoms. The highest BCUT2D eigenvalue weighted by Gasteiger charge is 2.19. The lowest BCUT2D eigenvalue weighted by molar-refractivity contribution is 0.207. The van der Waals surface area contributed by atoms with Crippen molar-refractivity contribution in [3.05, 3.63) is 34.9 Å². The maximum Gasteiger partial charge on any atom is 0.0406 e. The summed E-state index contributed by atoms with van der Waals surface area (Å²) < 4.78 is 0. The number of halogens is 2. The fourth-order valence-electron chi connectivity index (χ4n) is 2.44. The van der Waals surface area contributed by atoms with Crippen LogP contribution in [0.25, 0.3) is 0 Å². The second kappa shape index (κ2) is 6.63. The maximum atomic E-state index is 6.08. The van der Waals surface area contributed by atoms with Crippen LogP contribution < -0.4 is 0 Å². The summed E-state index contributed by atoms with van der Waals surface area (Å²) in [7, 11) is 0. The summed E-state index contributed by atoms with van der Waals surface area (Å²) in [6, 6.07) is 8.68. The summed E-state index contributed by atoms with van der Waals surface area (Å²) in [4.78, 5) is 2.52. The van der Waals surface area contributed by atoms with Crippen LogP contribution in [0.4, 0.5) is 0 Å². The van der Waals surface area contributed by atoms with E-state index in [1.807, 2.05) is 12.1 Å². The van der Waals surface area contributed by atoms with E-state index >= 15 is 0 Å². The lowest BCUT2D eigenvalue weighted by Gasteiger charge is -2.28. The van der Waals surface area contributed by atoms with Crippen molar-refractivity contribution in [1.82, 2.24) is 4.90 Å². The topological polar surface area (TPSA) is 3.24 Å². The van der Waals surface area contributed by atoms with E-state index in [0.29, 0.717) is 6.04 Å². The van der Waals surface area contributed by atoms with Gasteiger partial charge in [-0.1, -0.05) is 36.6 Å². The fourth-order valence-corrected chi connectivity index (χ4v) is 2.92. The molecule has 1 aromatic carbocycles. The number of benzene rings is 1. The molecule has 0 radical (unpaired) electrons. The van der Waals surface area contributed by atoms with E-state index in [9.17, 15) is 0 Å². The van der Waals surface area contributed by atoms with Gasteiger partial charge in [0.05, 0.1) is 0 Å². The van der Waals surface area contributed by atoms with E-state index in [1.165, 1.54) is 37.8 Å². The second-order valence-corrected chi connectivity index (χ2v) is 5.50. The predicted octanol–water partition coefficient (Wildman–Crippen LogP) is 4.32. The summed E-state index contributed by atoms with van der Waals surface area (Å²) in [6.45, 7) is 2.16. The molecule has 94 valence electrons. The van der Waals surface area contributed by atoms with Crippen LogP contribution in [0.2, 0.25) is 5.02 Å². The Morgan fingerprint density at radius 1 is 1.12 bits per heavy atom. The quantitative estimate of drug-likeness (QED) is 0.740. The van der Waals surface area contributed by atoms with Crippen molar-refractivity contribution < 1.29 is 0 Å². The molecule has 0 aromatic heterocycles. The largest absolute Gasteiger partial charge is 0.295 e. The van der Waals surface area contributed by atoms with Crippen molar-refractivity contribution in [1.29, 1.82) is 0 Å². The summed E-state index contributed by atoms with van der Waals surface area (Å²) in [5.74, 6) is 0.744. The lowest BCUT2D eigenvalue weighted by Crippen LogP contribution is -2.35. The van der Waals surface area contributed by atoms with Gasteiger partial charge in [-0.2, -0.15) is 0 Å². The third-order valence-corrected chi connectivity index (χ3v) is 4.08. The summed E-state index contributed by atoms with van der Waals surface area (Å²) in [5.41, 5.74) is 1.33. The van der Waals surface area contributed by atoms with Crippen LogP contribution in [0.3, 0.4) is 0 Å². The average Bonchev–Trinajstić information content (AvgIpc) is 2.57. The first-order chi connectivity index (χ1) is 8.29. The first-order valence-electron chi connectivity index (χ1n) is 6.34. The third kappa shape index (κ3) is 3.87. The van der Waals surface area contributed by atoms with Gasteiger partial charge in [0.25, 0.3) is 0 Å². The van der Waals surface area contributed by atoms with Crippen LogP contribution in [0.1, 0.15) is 31.2 Å². The highest BCUT2D eigenvalue weighted by molar-refractivity contribution is 6.30. The number of likely N-dealkylation sites (tertiary alicyclic amines) is 1. The van der Waals surface area contributed by atoms with Crippen molar-refractivity contribution in [2.45, 2.75) is 38.3 Å². The van der Waals surface area contributed by atoms with Gasteiger partial charge in [0.2, 0.25) is 0 Å². The zero-order valence-electron chi connectivity index (χ0n) is 10.0. The van der Waals surface area contributed by atoms with Crippen LogP contribution in [0.15, 0.2) is 24.3 Å². The maximum absolute atomic E-state index is 6.08. The Hall–Kier alpha value is -0.240. The highest BCUT2D eigenvalue weighted by Crippen LogP contribution is 2.20. The van der Waals surface area contributed by atoms with Crippen LogP contribution in [-0.4, -0.2) is 23.4 Å². The molecule has 0 bridgehead atoms. The Morgan fingerprint density at radius 2 is 1.88 bits per heavy atom. The zero-order chi connectivity index (χ0) is 12.1. The molecule has 1 unspecified atom stereocenters. The van der Waals surface area contributed by atoms with E-state index in [4.69, 9.17) is 23.2 Å². The molecular weight excluding hydrogens is 253 g/mol. The minimum Gasteiger partial charge on any atom is -0.295 e. The molecule has 1 atom stereocenters. The van der Waals surface area contributed by atoms with Gasteiger partial charge in [-0.05, 0) is 37.1 Å². The summed E-state index contributed by atoms with van der Waals surface area (Å²) >= 11 is 12.0. The normalized spacial score (nSPS) is 22.4. The minimum atomic E-state index is 0.537. The number of alkyl halides is 1. The Labute approximate surface area is 114 Å². The second-order valence-electron chi connectivity index (χ2n) is 4.75. The molecule has 1 aromatic rings. The van der Waals surface area contributed by atoms with Crippen LogP contribution >= 0.6 is 23.2 Å². The molecule has 0 saturated carbocycles. The zero-order valence-corrected chi connectivity index (χ0v) is 11.6. The van der Waals surface area contributed by atoms with Crippen molar-refractivity contribution in [2.24, 2.45) is 0 Å². The number of nitrogens with zero attached hydrogens (tertiary/aromatic N) is 1. The van der Waals surface area contributed by atoms with E-state index in [-0.39, 0.29) is 0 Å². The molecule has 2 rings (SSSR count). The Balaban J connectivity index is 2.01. The highest BCUT2D eigenvalue weighted by atomic mass is 35.5. The monoisotopic (exact) mass is 271 g/mol. The first-order valence-corrected chi connectivity index (χ1v) is 7.25. The van der Waals surface area contributed by atoms with Crippen molar-refractivity contribution in [3.8, 4) is 0 Å². The van der Waals surface area contributed by atoms with Gasteiger partial charge in [0.1, 0.15) is 0 Å². The van der Waals surface area contributed by atoms with Gasteiger partial charge in [-0.15, -0.1) is 11.6 Å². The Morgan fingerprint density at radius 3 is 2.59 bits per heavy atom. The van der Waals surface area contributed by atoms with Crippen LogP contribution in [0, 0.1) is 0 Å². The molecule has 0 spiro atoms. The minimum absolute atomic E-state index is 0.537. The standard InChI is InChI=1S/C14H19Cl2N/c15-10-14-4-2-1-3-9-17(14)11-12-5-7-13(16)8-6-12/h5-8,14H,1-4,9-11H2. The van der Waals surface area contributed by atoms with Gasteiger partial charge in [0, 0.05) is 23.5 Å². The molecule has 1 saturated heterocycles. The van der Waals surface area contributed by atoms with E-state index in [0.717, 1.165) is 17.4 Å². The molecule has 0 aliphatic carbocycles. The molecule has 3 heteroatoms. The molecular formula is C14H19Cl2N. The van der Waals surface area contributed by atoms with Gasteiger partial charge < -0.3 is 0 Å². The molecule has 1 nitrogen and oxygen atoms in total. The molecule has 0 N–H and O–H groups in total. The SMILES string of the molecule is ClCC1CCCCCN1Cc1ccc(Cl)cc1. The molecule has 0 amide bonds.